The number of rotatable bonds is 3. The first-order valence-electron chi connectivity index (χ1n) is 7.30. The maximum atomic E-state index is 8.87. The van der Waals surface area contributed by atoms with Gasteiger partial charge in [0, 0.05) is 17.1 Å². The minimum absolute atomic E-state index is 0.424. The van der Waals surface area contributed by atoms with E-state index >= 15 is 0 Å². The summed E-state index contributed by atoms with van der Waals surface area (Å²) in [5.41, 5.74) is 3.33. The van der Waals surface area contributed by atoms with Crippen molar-refractivity contribution in [2.45, 2.75) is 20.0 Å². The van der Waals surface area contributed by atoms with Crippen LogP contribution < -0.4 is 4.74 Å². The third kappa shape index (κ3) is 2.99. The minimum atomic E-state index is -0.515. The summed E-state index contributed by atoms with van der Waals surface area (Å²) in [6, 6.07) is 15.9. The summed E-state index contributed by atoms with van der Waals surface area (Å²) < 4.78 is 5.55. The molecule has 0 N–H and O–H groups in total. The molecule has 1 atom stereocenters. The molecule has 1 aromatic heterocycles. The summed E-state index contributed by atoms with van der Waals surface area (Å²) in [7, 11) is 0. The molecular weight excluding hydrogens is 308 g/mol. The second-order valence-corrected chi connectivity index (χ2v) is 5.73. The van der Waals surface area contributed by atoms with Crippen LogP contribution in [0.3, 0.4) is 0 Å². The summed E-state index contributed by atoms with van der Waals surface area (Å²) >= 11 is 6.27. The zero-order valence-corrected chi connectivity index (χ0v) is 13.6. The number of nitrogens with zero attached hydrogens (tertiary/aromatic N) is 2. The molecule has 0 aliphatic carbocycles. The quantitative estimate of drug-likeness (QED) is 0.626. The van der Waals surface area contributed by atoms with Gasteiger partial charge in [-0.1, -0.05) is 35.9 Å². The first-order valence-corrected chi connectivity index (χ1v) is 7.68. The number of aryl methyl sites for hydroxylation is 1. The average molecular weight is 323 g/mol. The second-order valence-electron chi connectivity index (χ2n) is 5.37. The van der Waals surface area contributed by atoms with Crippen LogP contribution in [-0.4, -0.2) is 11.1 Å². The van der Waals surface area contributed by atoms with Gasteiger partial charge < -0.3 is 4.74 Å². The van der Waals surface area contributed by atoms with E-state index in [1.807, 2.05) is 36.4 Å². The Bertz CT molecular complexity index is 915. The van der Waals surface area contributed by atoms with E-state index in [4.69, 9.17) is 21.6 Å². The monoisotopic (exact) mass is 322 g/mol. The fraction of sp³-hybridized carbons (Fsp3) is 0.158. The van der Waals surface area contributed by atoms with Crippen LogP contribution >= 0.6 is 11.6 Å². The van der Waals surface area contributed by atoms with E-state index in [1.165, 1.54) is 5.56 Å². The molecule has 3 aromatic rings. The summed E-state index contributed by atoms with van der Waals surface area (Å²) in [4.78, 5) is 4.31. The Morgan fingerprint density at radius 2 is 1.91 bits per heavy atom. The van der Waals surface area contributed by atoms with Gasteiger partial charge in [0.15, 0.2) is 6.10 Å². The van der Waals surface area contributed by atoms with Crippen molar-refractivity contribution < 1.29 is 4.74 Å². The van der Waals surface area contributed by atoms with E-state index in [9.17, 15) is 0 Å². The predicted molar refractivity (Wildman–Crippen MR) is 92.6 cm³/mol. The summed E-state index contributed by atoms with van der Waals surface area (Å²) in [5.74, 6) is 0.609. The highest BCUT2D eigenvalue weighted by atomic mass is 35.5. The molecule has 0 bridgehead atoms. The topological polar surface area (TPSA) is 45.9 Å². The van der Waals surface area contributed by atoms with Gasteiger partial charge in [0.2, 0.25) is 0 Å². The van der Waals surface area contributed by atoms with Gasteiger partial charge in [-0.25, -0.2) is 4.98 Å². The Morgan fingerprint density at radius 3 is 2.65 bits per heavy atom. The van der Waals surface area contributed by atoms with E-state index in [2.05, 4.69) is 24.0 Å². The SMILES string of the molecule is Cc1ccccc1-c1cnc(Cl)c2cc(OC(C)C#N)ccc12. The number of aromatic nitrogens is 1. The van der Waals surface area contributed by atoms with E-state index < -0.39 is 6.10 Å². The van der Waals surface area contributed by atoms with E-state index in [0.29, 0.717) is 10.9 Å². The standard InChI is InChI=1S/C19H15ClN2O/c1-12-5-3-4-6-15(12)18-11-22-19(20)17-9-14(7-8-16(17)18)23-13(2)10-21/h3-9,11,13H,1-2H3. The van der Waals surface area contributed by atoms with Crippen LogP contribution in [0.15, 0.2) is 48.7 Å². The smallest absolute Gasteiger partial charge is 0.181 e. The number of benzene rings is 2. The molecule has 0 aliphatic rings. The number of hydrogen-bond acceptors (Lipinski definition) is 3. The average Bonchev–Trinajstić information content (AvgIpc) is 2.56. The third-order valence-corrected chi connectivity index (χ3v) is 4.04. The zero-order valence-electron chi connectivity index (χ0n) is 12.9. The molecule has 3 rings (SSSR count). The van der Waals surface area contributed by atoms with Gasteiger partial charge in [0.25, 0.3) is 0 Å². The van der Waals surface area contributed by atoms with Crippen molar-refractivity contribution in [3.8, 4) is 22.9 Å². The molecule has 3 nitrogen and oxygen atoms in total. The molecule has 23 heavy (non-hydrogen) atoms. The number of nitriles is 1. The van der Waals surface area contributed by atoms with Crippen LogP contribution in [0.1, 0.15) is 12.5 Å². The minimum Gasteiger partial charge on any atom is -0.476 e. The van der Waals surface area contributed by atoms with Gasteiger partial charge in [0.1, 0.15) is 17.0 Å². The lowest BCUT2D eigenvalue weighted by molar-refractivity contribution is 0.277. The Morgan fingerprint density at radius 1 is 1.13 bits per heavy atom. The number of halogens is 1. The van der Waals surface area contributed by atoms with E-state index in [1.54, 1.807) is 13.1 Å². The summed E-state index contributed by atoms with van der Waals surface area (Å²) in [5, 5.41) is 11.1. The molecule has 0 amide bonds. The molecule has 0 saturated carbocycles. The second kappa shape index (κ2) is 6.28. The highest BCUT2D eigenvalue weighted by molar-refractivity contribution is 6.34. The van der Waals surface area contributed by atoms with Crippen molar-refractivity contribution >= 4 is 22.4 Å². The fourth-order valence-electron chi connectivity index (χ4n) is 2.58. The van der Waals surface area contributed by atoms with Gasteiger partial charge in [-0.05, 0) is 48.6 Å². The summed E-state index contributed by atoms with van der Waals surface area (Å²) in [6.45, 7) is 3.77. The van der Waals surface area contributed by atoms with Crippen molar-refractivity contribution in [3.05, 3.63) is 59.4 Å². The third-order valence-electron chi connectivity index (χ3n) is 3.74. The first kappa shape index (κ1) is 15.3. The maximum Gasteiger partial charge on any atom is 0.181 e. The van der Waals surface area contributed by atoms with Crippen molar-refractivity contribution in [1.29, 1.82) is 5.26 Å². The molecule has 1 heterocycles. The number of fused-ring (bicyclic) bond motifs is 1. The zero-order chi connectivity index (χ0) is 16.4. The molecule has 1 unspecified atom stereocenters. The van der Waals surface area contributed by atoms with Gasteiger partial charge in [-0.3, -0.25) is 0 Å². The van der Waals surface area contributed by atoms with Crippen LogP contribution in [0.5, 0.6) is 5.75 Å². The van der Waals surface area contributed by atoms with Gasteiger partial charge in [0.05, 0.1) is 0 Å². The van der Waals surface area contributed by atoms with Crippen molar-refractivity contribution in [2.24, 2.45) is 0 Å². The Hall–Kier alpha value is -2.57. The van der Waals surface area contributed by atoms with Crippen LogP contribution in [-0.2, 0) is 0 Å². The van der Waals surface area contributed by atoms with Gasteiger partial charge >= 0.3 is 0 Å². The largest absolute Gasteiger partial charge is 0.476 e. The molecular formula is C19H15ClN2O. The number of pyridine rings is 1. The van der Waals surface area contributed by atoms with Crippen LogP contribution in [0.25, 0.3) is 21.9 Å². The lowest BCUT2D eigenvalue weighted by atomic mass is 9.97. The normalized spacial score (nSPS) is 11.9. The first-order chi connectivity index (χ1) is 11.1. The Labute approximate surface area is 140 Å². The lowest BCUT2D eigenvalue weighted by Gasteiger charge is -2.13. The Balaban J connectivity index is 2.18. The van der Waals surface area contributed by atoms with Crippen LogP contribution in [0, 0.1) is 18.3 Å². The van der Waals surface area contributed by atoms with Crippen molar-refractivity contribution in [3.63, 3.8) is 0 Å². The fourth-order valence-corrected chi connectivity index (χ4v) is 2.79. The van der Waals surface area contributed by atoms with Gasteiger partial charge in [-0.15, -0.1) is 0 Å². The summed E-state index contributed by atoms with van der Waals surface area (Å²) in [6.07, 6.45) is 1.28. The lowest BCUT2D eigenvalue weighted by Crippen LogP contribution is -2.07. The Kier molecular flexibility index (Phi) is 4.18. The van der Waals surface area contributed by atoms with Crippen LogP contribution in [0.2, 0.25) is 5.15 Å². The molecule has 114 valence electrons. The van der Waals surface area contributed by atoms with Crippen molar-refractivity contribution in [1.82, 2.24) is 4.98 Å². The molecule has 0 saturated heterocycles. The van der Waals surface area contributed by atoms with Crippen molar-refractivity contribution in [2.75, 3.05) is 0 Å². The van der Waals surface area contributed by atoms with Gasteiger partial charge in [-0.2, -0.15) is 5.26 Å². The predicted octanol–water partition coefficient (Wildman–Crippen LogP) is 5.15. The maximum absolute atomic E-state index is 8.87. The molecule has 0 aliphatic heterocycles. The highest BCUT2D eigenvalue weighted by Gasteiger charge is 2.11. The molecule has 2 aromatic carbocycles. The molecule has 4 heteroatoms. The van der Waals surface area contributed by atoms with Crippen LogP contribution in [0.4, 0.5) is 0 Å². The van der Waals surface area contributed by atoms with E-state index in [0.717, 1.165) is 21.9 Å². The highest BCUT2D eigenvalue weighted by Crippen LogP contribution is 2.35. The number of ether oxygens (including phenoxy) is 1. The molecule has 0 fully saturated rings. The number of hydrogen-bond donors (Lipinski definition) is 0. The van der Waals surface area contributed by atoms with E-state index in [-0.39, 0.29) is 0 Å². The molecule has 0 radical (unpaired) electrons. The molecule has 0 spiro atoms.